The fourth-order valence-corrected chi connectivity index (χ4v) is 0. The van der Waals surface area contributed by atoms with Gasteiger partial charge in [0.2, 0.25) is 0 Å². The summed E-state index contributed by atoms with van der Waals surface area (Å²) < 4.78 is 0. The van der Waals surface area contributed by atoms with Gasteiger partial charge in [0.15, 0.2) is 0 Å². The molecular formula is CH4NdO4. The summed E-state index contributed by atoms with van der Waals surface area (Å²) in [4.78, 5) is 8.56. The predicted molar refractivity (Wildman–Crippen MR) is 14.3 cm³/mol. The second-order valence-corrected chi connectivity index (χ2v) is 0.283. The third-order valence-electron chi connectivity index (χ3n) is 0. The molecule has 4 N–H and O–H groups in total. The van der Waals surface area contributed by atoms with Crippen LogP contribution in [0.25, 0.3) is 0 Å². The first kappa shape index (κ1) is 16.0. The van der Waals surface area contributed by atoms with Crippen LogP contribution in [0, 0.1) is 40.8 Å². The fourth-order valence-electron chi connectivity index (χ4n) is 0. The van der Waals surface area contributed by atoms with Gasteiger partial charge in [0, 0.05) is 40.8 Å². The minimum absolute atomic E-state index is 0. The van der Waals surface area contributed by atoms with Crippen LogP contribution in [0.2, 0.25) is 0 Å². The molecule has 0 spiro atoms. The zero-order valence-electron chi connectivity index (χ0n) is 2.80. The monoisotopic (exact) mass is 222 g/mol. The second-order valence-electron chi connectivity index (χ2n) is 0.283. The third-order valence-corrected chi connectivity index (χ3v) is 0. The normalized spacial score (nSPS) is 4.00. The molecule has 0 rings (SSSR count). The van der Waals surface area contributed by atoms with Gasteiger partial charge in [-0.05, 0) is 0 Å². The summed E-state index contributed by atoms with van der Waals surface area (Å²) in [6, 6.07) is 0. The maximum Gasteiger partial charge on any atom is 0.503 e. The van der Waals surface area contributed by atoms with E-state index in [-0.39, 0.29) is 46.3 Å². The molecule has 0 saturated carbocycles. The molecule has 0 bridgehead atoms. The van der Waals surface area contributed by atoms with Crippen molar-refractivity contribution in [2.75, 3.05) is 0 Å². The Bertz CT molecular complexity index is 30.5. The molecule has 0 atom stereocenters. The zero-order valence-corrected chi connectivity index (χ0v) is 6.01. The molecule has 0 aromatic heterocycles. The van der Waals surface area contributed by atoms with Gasteiger partial charge >= 0.3 is 6.16 Å². The van der Waals surface area contributed by atoms with Crippen LogP contribution in [0.3, 0.4) is 0 Å². The van der Waals surface area contributed by atoms with Gasteiger partial charge in [-0.1, -0.05) is 0 Å². The van der Waals surface area contributed by atoms with Crippen molar-refractivity contribution in [2.45, 2.75) is 0 Å². The molecule has 0 aromatic carbocycles. The van der Waals surface area contributed by atoms with Crippen LogP contribution in [-0.4, -0.2) is 21.8 Å². The molecule has 0 fully saturated rings. The van der Waals surface area contributed by atoms with E-state index in [1.54, 1.807) is 0 Å². The van der Waals surface area contributed by atoms with Gasteiger partial charge in [0.05, 0.1) is 0 Å². The summed E-state index contributed by atoms with van der Waals surface area (Å²) >= 11 is 0. The van der Waals surface area contributed by atoms with Crippen LogP contribution in [0.1, 0.15) is 0 Å². The number of carboxylic acid groups (broad SMARTS) is 2. The Hall–Kier alpha value is 0.581. The van der Waals surface area contributed by atoms with Crippen molar-refractivity contribution in [3.63, 3.8) is 0 Å². The topological polar surface area (TPSA) is 89.0 Å². The van der Waals surface area contributed by atoms with Crippen molar-refractivity contribution in [1.82, 2.24) is 0 Å². The third kappa shape index (κ3) is 174. The van der Waals surface area contributed by atoms with E-state index in [9.17, 15) is 0 Å². The van der Waals surface area contributed by atoms with E-state index in [0.717, 1.165) is 0 Å². The summed E-state index contributed by atoms with van der Waals surface area (Å²) in [5.41, 5.74) is 0. The second kappa shape index (κ2) is 9.13. The summed E-state index contributed by atoms with van der Waals surface area (Å²) in [5.74, 6) is 0. The molecule has 0 heterocycles. The SMILES string of the molecule is O.O=C(O)O.[Nd]. The van der Waals surface area contributed by atoms with Crippen LogP contribution in [0.4, 0.5) is 4.79 Å². The summed E-state index contributed by atoms with van der Waals surface area (Å²) in [7, 11) is 0. The molecule has 0 aliphatic heterocycles. The van der Waals surface area contributed by atoms with Crippen molar-refractivity contribution < 1.29 is 61.3 Å². The summed E-state index contributed by atoms with van der Waals surface area (Å²) in [5, 5.41) is 13.9. The molecule has 0 saturated heterocycles. The Labute approximate surface area is 67.0 Å². The van der Waals surface area contributed by atoms with Crippen LogP contribution in [0.15, 0.2) is 0 Å². The first-order chi connectivity index (χ1) is 1.73. The van der Waals surface area contributed by atoms with Gasteiger partial charge in [0.25, 0.3) is 0 Å². The molecule has 0 aliphatic rings. The average molecular weight is 224 g/mol. The van der Waals surface area contributed by atoms with Crippen LogP contribution >= 0.6 is 0 Å². The zero-order chi connectivity index (χ0) is 3.58. The smallest absolute Gasteiger partial charge is 0.450 e. The largest absolute Gasteiger partial charge is 0.503 e. The molecular weight excluding hydrogens is 220 g/mol. The number of hydrogen-bond donors (Lipinski definition) is 2. The van der Waals surface area contributed by atoms with E-state index in [1.165, 1.54) is 0 Å². The number of carbonyl (C=O) groups is 1. The van der Waals surface area contributed by atoms with Gasteiger partial charge in [-0.25, -0.2) is 4.79 Å². The molecule has 0 aromatic rings. The minimum Gasteiger partial charge on any atom is -0.450 e. The molecule has 36 valence electrons. The maximum absolute atomic E-state index is 8.56. The fraction of sp³-hybridized carbons (Fsp3) is 0. The summed E-state index contributed by atoms with van der Waals surface area (Å²) in [6.45, 7) is 0. The minimum atomic E-state index is -1.83. The first-order valence-corrected chi connectivity index (χ1v) is 0.651. The molecule has 0 unspecified atom stereocenters. The van der Waals surface area contributed by atoms with E-state index < -0.39 is 6.16 Å². The summed E-state index contributed by atoms with van der Waals surface area (Å²) in [6.07, 6.45) is -1.83. The molecule has 4 nitrogen and oxygen atoms in total. The van der Waals surface area contributed by atoms with Gasteiger partial charge in [-0.3, -0.25) is 0 Å². The quantitative estimate of drug-likeness (QED) is 0.575. The van der Waals surface area contributed by atoms with E-state index >= 15 is 0 Å². The Morgan fingerprint density at radius 3 is 1.33 bits per heavy atom. The van der Waals surface area contributed by atoms with Crippen LogP contribution in [0.5, 0.6) is 0 Å². The van der Waals surface area contributed by atoms with Crippen LogP contribution < -0.4 is 0 Å². The van der Waals surface area contributed by atoms with E-state index in [0.29, 0.717) is 0 Å². The number of rotatable bonds is 0. The number of hydrogen-bond acceptors (Lipinski definition) is 1. The van der Waals surface area contributed by atoms with Gasteiger partial charge in [0.1, 0.15) is 0 Å². The van der Waals surface area contributed by atoms with E-state index in [1.807, 2.05) is 0 Å². The van der Waals surface area contributed by atoms with Gasteiger partial charge in [-0.15, -0.1) is 0 Å². The molecule has 5 heteroatoms. The molecule has 0 aliphatic carbocycles. The van der Waals surface area contributed by atoms with Gasteiger partial charge in [-0.2, -0.15) is 0 Å². The standard InChI is InChI=1S/CH2O3.Nd.H2O/c2-1(3)4;;/h(H2,2,3,4);;1H2. The maximum atomic E-state index is 8.56. The van der Waals surface area contributed by atoms with Gasteiger partial charge < -0.3 is 15.7 Å². The van der Waals surface area contributed by atoms with E-state index in [2.05, 4.69) is 0 Å². The molecule has 6 heavy (non-hydrogen) atoms. The first-order valence-electron chi connectivity index (χ1n) is 0.651. The average Bonchev–Trinajstić information content (AvgIpc) is 0.811. The Balaban J connectivity index is -0.0000000450. The predicted octanol–water partition coefficient (Wildman–Crippen LogP) is -0.602. The van der Waals surface area contributed by atoms with Crippen molar-refractivity contribution in [3.05, 3.63) is 0 Å². The Morgan fingerprint density at radius 1 is 1.33 bits per heavy atom. The Kier molecular flexibility index (Phi) is 24.3. The van der Waals surface area contributed by atoms with Crippen molar-refractivity contribution in [2.24, 2.45) is 0 Å². The molecule has 0 amide bonds. The van der Waals surface area contributed by atoms with Crippen molar-refractivity contribution in [1.29, 1.82) is 0 Å². The molecule has 0 radical (unpaired) electrons. The Morgan fingerprint density at radius 2 is 1.33 bits per heavy atom. The van der Waals surface area contributed by atoms with Crippen molar-refractivity contribution >= 4 is 6.16 Å². The van der Waals surface area contributed by atoms with E-state index in [4.69, 9.17) is 15.0 Å². The van der Waals surface area contributed by atoms with Crippen LogP contribution in [-0.2, 0) is 0 Å². The van der Waals surface area contributed by atoms with Crippen molar-refractivity contribution in [3.8, 4) is 0 Å².